The monoisotopic (exact) mass is 306 g/mol. The predicted molar refractivity (Wildman–Crippen MR) is 86.2 cm³/mol. The summed E-state index contributed by atoms with van der Waals surface area (Å²) in [7, 11) is 0. The third kappa shape index (κ3) is 4.23. The van der Waals surface area contributed by atoms with Gasteiger partial charge in [0.15, 0.2) is 0 Å². The summed E-state index contributed by atoms with van der Waals surface area (Å²) >= 11 is 0. The van der Waals surface area contributed by atoms with Gasteiger partial charge in [0.05, 0.1) is 0 Å². The van der Waals surface area contributed by atoms with Crippen LogP contribution in [0.1, 0.15) is 64.2 Å². The van der Waals surface area contributed by atoms with Gasteiger partial charge in [0.2, 0.25) is 11.8 Å². The molecule has 4 nitrogen and oxygen atoms in total. The van der Waals surface area contributed by atoms with E-state index in [9.17, 15) is 9.59 Å². The standard InChI is InChI=1S/C18H30N2O2/c21-17(19-11-3-6-14-4-1-2-5-14)15-9-12-20(13-10-15)18(22)16-7-8-16/h14-16H,1-13H2,(H,19,21). The average Bonchev–Trinajstić information content (AvgIpc) is 3.27. The molecule has 4 heteroatoms. The molecule has 0 aromatic heterocycles. The van der Waals surface area contributed by atoms with Crippen LogP contribution in [-0.4, -0.2) is 36.3 Å². The van der Waals surface area contributed by atoms with Gasteiger partial charge >= 0.3 is 0 Å². The molecule has 0 radical (unpaired) electrons. The molecule has 1 heterocycles. The maximum atomic E-state index is 12.2. The van der Waals surface area contributed by atoms with E-state index in [1.165, 1.54) is 32.1 Å². The van der Waals surface area contributed by atoms with Gasteiger partial charge in [0.25, 0.3) is 0 Å². The van der Waals surface area contributed by atoms with Crippen LogP contribution in [0.25, 0.3) is 0 Å². The molecule has 3 aliphatic rings. The molecular formula is C18H30N2O2. The number of amides is 2. The molecular weight excluding hydrogens is 276 g/mol. The van der Waals surface area contributed by atoms with Crippen molar-refractivity contribution in [1.82, 2.24) is 10.2 Å². The summed E-state index contributed by atoms with van der Waals surface area (Å²) in [6.07, 6.45) is 11.8. The molecule has 0 aromatic carbocycles. The van der Waals surface area contributed by atoms with Gasteiger partial charge in [-0.15, -0.1) is 0 Å². The van der Waals surface area contributed by atoms with Crippen molar-refractivity contribution in [1.29, 1.82) is 0 Å². The van der Waals surface area contributed by atoms with Gasteiger partial charge in [-0.05, 0) is 44.4 Å². The molecule has 22 heavy (non-hydrogen) atoms. The van der Waals surface area contributed by atoms with E-state index in [1.807, 2.05) is 4.90 Å². The zero-order valence-corrected chi connectivity index (χ0v) is 13.7. The second kappa shape index (κ2) is 7.47. The summed E-state index contributed by atoms with van der Waals surface area (Å²) in [6, 6.07) is 0. The predicted octanol–water partition coefficient (Wildman–Crippen LogP) is 2.72. The number of carbonyl (C=O) groups is 2. The van der Waals surface area contributed by atoms with Gasteiger partial charge in [-0.25, -0.2) is 0 Å². The highest BCUT2D eigenvalue weighted by Crippen LogP contribution is 2.32. The molecule has 124 valence electrons. The second-order valence-electron chi connectivity index (χ2n) is 7.46. The third-order valence-electron chi connectivity index (χ3n) is 5.67. The number of nitrogens with zero attached hydrogens (tertiary/aromatic N) is 1. The number of rotatable bonds is 6. The summed E-state index contributed by atoms with van der Waals surface area (Å²) in [4.78, 5) is 26.2. The lowest BCUT2D eigenvalue weighted by molar-refractivity contribution is -0.136. The van der Waals surface area contributed by atoms with E-state index in [0.717, 1.165) is 57.7 Å². The van der Waals surface area contributed by atoms with Gasteiger partial charge in [0.1, 0.15) is 0 Å². The molecule has 2 aliphatic carbocycles. The lowest BCUT2D eigenvalue weighted by Gasteiger charge is -2.31. The van der Waals surface area contributed by atoms with Crippen molar-refractivity contribution in [2.75, 3.05) is 19.6 Å². The largest absolute Gasteiger partial charge is 0.356 e. The van der Waals surface area contributed by atoms with Crippen molar-refractivity contribution in [3.05, 3.63) is 0 Å². The minimum absolute atomic E-state index is 0.120. The maximum absolute atomic E-state index is 12.2. The van der Waals surface area contributed by atoms with Gasteiger partial charge in [-0.2, -0.15) is 0 Å². The molecule has 1 aliphatic heterocycles. The van der Waals surface area contributed by atoms with Crippen molar-refractivity contribution in [3.63, 3.8) is 0 Å². The summed E-state index contributed by atoms with van der Waals surface area (Å²) in [5.41, 5.74) is 0. The summed E-state index contributed by atoms with van der Waals surface area (Å²) in [5, 5.41) is 3.11. The average molecular weight is 306 g/mol. The Balaban J connectivity index is 1.29. The first kappa shape index (κ1) is 15.8. The van der Waals surface area contributed by atoms with Crippen LogP contribution >= 0.6 is 0 Å². The van der Waals surface area contributed by atoms with Crippen LogP contribution in [0.3, 0.4) is 0 Å². The van der Waals surface area contributed by atoms with Crippen molar-refractivity contribution < 1.29 is 9.59 Å². The Bertz CT molecular complexity index is 392. The molecule has 0 spiro atoms. The van der Waals surface area contributed by atoms with E-state index in [2.05, 4.69) is 5.32 Å². The number of nitrogens with one attached hydrogen (secondary N) is 1. The summed E-state index contributed by atoms with van der Waals surface area (Å²) in [5.74, 6) is 1.88. The van der Waals surface area contributed by atoms with E-state index < -0.39 is 0 Å². The lowest BCUT2D eigenvalue weighted by Crippen LogP contribution is -2.43. The molecule has 0 bridgehead atoms. The quantitative estimate of drug-likeness (QED) is 0.767. The van der Waals surface area contributed by atoms with Crippen LogP contribution < -0.4 is 5.32 Å². The number of likely N-dealkylation sites (tertiary alicyclic amines) is 1. The van der Waals surface area contributed by atoms with E-state index in [1.54, 1.807) is 0 Å². The summed E-state index contributed by atoms with van der Waals surface area (Å²) in [6.45, 7) is 2.38. The SMILES string of the molecule is O=C(NCCCC1CCCC1)C1CCN(C(=O)C2CC2)CC1. The fraction of sp³-hybridized carbons (Fsp3) is 0.889. The van der Waals surface area contributed by atoms with Gasteiger partial charge in [-0.3, -0.25) is 9.59 Å². The molecule has 3 rings (SSSR count). The van der Waals surface area contributed by atoms with Gasteiger partial charge in [0, 0.05) is 31.5 Å². The van der Waals surface area contributed by atoms with Crippen LogP contribution in [0.5, 0.6) is 0 Å². The van der Waals surface area contributed by atoms with E-state index >= 15 is 0 Å². The third-order valence-corrected chi connectivity index (χ3v) is 5.67. The Morgan fingerprint density at radius 3 is 2.23 bits per heavy atom. The smallest absolute Gasteiger partial charge is 0.225 e. The first-order valence-electron chi connectivity index (χ1n) is 9.30. The lowest BCUT2D eigenvalue weighted by atomic mass is 9.95. The molecule has 1 saturated heterocycles. The molecule has 0 aromatic rings. The zero-order valence-electron chi connectivity index (χ0n) is 13.7. The second-order valence-corrected chi connectivity index (χ2v) is 7.46. The number of hydrogen-bond donors (Lipinski definition) is 1. The number of carbonyl (C=O) groups excluding carboxylic acids is 2. The van der Waals surface area contributed by atoms with Crippen LogP contribution in [0.15, 0.2) is 0 Å². The highest BCUT2D eigenvalue weighted by molar-refractivity contribution is 5.82. The Morgan fingerprint density at radius 1 is 0.909 bits per heavy atom. The Morgan fingerprint density at radius 2 is 1.59 bits per heavy atom. The van der Waals surface area contributed by atoms with Crippen molar-refractivity contribution in [2.45, 2.75) is 64.2 Å². The first-order chi connectivity index (χ1) is 10.7. The maximum Gasteiger partial charge on any atom is 0.225 e. The Labute approximate surface area is 134 Å². The van der Waals surface area contributed by atoms with Crippen LogP contribution in [-0.2, 0) is 9.59 Å². The fourth-order valence-electron chi connectivity index (χ4n) is 4.00. The van der Waals surface area contributed by atoms with Crippen LogP contribution in [0, 0.1) is 17.8 Å². The number of piperidine rings is 1. The molecule has 3 fully saturated rings. The van der Waals surface area contributed by atoms with Crippen molar-refractivity contribution in [2.24, 2.45) is 17.8 Å². The van der Waals surface area contributed by atoms with Gasteiger partial charge < -0.3 is 10.2 Å². The Kier molecular flexibility index (Phi) is 5.37. The van der Waals surface area contributed by atoms with Crippen molar-refractivity contribution >= 4 is 11.8 Å². The molecule has 2 amide bonds. The first-order valence-corrected chi connectivity index (χ1v) is 9.30. The molecule has 2 saturated carbocycles. The van der Waals surface area contributed by atoms with E-state index in [-0.39, 0.29) is 11.8 Å². The highest BCUT2D eigenvalue weighted by Gasteiger charge is 2.35. The molecule has 0 unspecified atom stereocenters. The van der Waals surface area contributed by atoms with Gasteiger partial charge in [-0.1, -0.05) is 25.7 Å². The minimum Gasteiger partial charge on any atom is -0.356 e. The molecule has 0 atom stereocenters. The van der Waals surface area contributed by atoms with E-state index in [4.69, 9.17) is 0 Å². The van der Waals surface area contributed by atoms with Crippen molar-refractivity contribution in [3.8, 4) is 0 Å². The normalized spacial score (nSPS) is 23.7. The molecule has 1 N–H and O–H groups in total. The Hall–Kier alpha value is -1.06. The van der Waals surface area contributed by atoms with E-state index in [0.29, 0.717) is 11.8 Å². The highest BCUT2D eigenvalue weighted by atomic mass is 16.2. The summed E-state index contributed by atoms with van der Waals surface area (Å²) < 4.78 is 0. The van der Waals surface area contributed by atoms with Crippen LogP contribution in [0.2, 0.25) is 0 Å². The fourth-order valence-corrected chi connectivity index (χ4v) is 4.00. The zero-order chi connectivity index (χ0) is 15.4. The van der Waals surface area contributed by atoms with Crippen LogP contribution in [0.4, 0.5) is 0 Å². The minimum atomic E-state index is 0.120. The number of hydrogen-bond acceptors (Lipinski definition) is 2. The topological polar surface area (TPSA) is 49.4 Å².